The Morgan fingerprint density at radius 1 is 1.00 bits per heavy atom. The molecule has 2 heterocycles. The molecule has 0 N–H and O–H groups in total. The van der Waals surface area contributed by atoms with Crippen LogP contribution in [-0.2, 0) is 17.6 Å². The van der Waals surface area contributed by atoms with Gasteiger partial charge in [0.2, 0.25) is 5.91 Å². The van der Waals surface area contributed by atoms with Crippen molar-refractivity contribution in [2.75, 3.05) is 26.0 Å². The first-order valence-electron chi connectivity index (χ1n) is 10.3. The largest absolute Gasteiger partial charge is 0.497 e. The molecule has 1 aromatic heterocycles. The zero-order chi connectivity index (χ0) is 20.8. The van der Waals surface area contributed by atoms with Gasteiger partial charge in [0, 0.05) is 25.2 Å². The summed E-state index contributed by atoms with van der Waals surface area (Å²) in [6.07, 6.45) is 3.85. The SMILES string of the molecule is COc1ccc(-n2c(CCc3ccccc3)nnc2SCC(=O)N2CCCC2)cc1. The van der Waals surface area contributed by atoms with Gasteiger partial charge in [0.05, 0.1) is 12.9 Å². The quantitative estimate of drug-likeness (QED) is 0.517. The molecule has 0 spiro atoms. The highest BCUT2D eigenvalue weighted by molar-refractivity contribution is 7.99. The minimum Gasteiger partial charge on any atom is -0.497 e. The molecule has 1 aliphatic heterocycles. The average molecular weight is 423 g/mol. The fourth-order valence-electron chi connectivity index (χ4n) is 3.63. The lowest BCUT2D eigenvalue weighted by atomic mass is 10.1. The minimum absolute atomic E-state index is 0.174. The summed E-state index contributed by atoms with van der Waals surface area (Å²) >= 11 is 1.46. The monoisotopic (exact) mass is 422 g/mol. The fraction of sp³-hybridized carbons (Fsp3) is 0.348. The number of ether oxygens (including phenoxy) is 1. The molecule has 1 saturated heterocycles. The molecule has 1 amide bonds. The Labute approximate surface area is 181 Å². The number of aromatic nitrogens is 3. The fourth-order valence-corrected chi connectivity index (χ4v) is 4.50. The van der Waals surface area contributed by atoms with Crippen LogP contribution in [0.5, 0.6) is 5.75 Å². The van der Waals surface area contributed by atoms with Gasteiger partial charge >= 0.3 is 0 Å². The van der Waals surface area contributed by atoms with E-state index in [4.69, 9.17) is 4.74 Å². The second kappa shape index (κ2) is 9.80. The van der Waals surface area contributed by atoms with Crippen molar-refractivity contribution in [3.63, 3.8) is 0 Å². The molecule has 0 radical (unpaired) electrons. The first-order valence-corrected chi connectivity index (χ1v) is 11.3. The number of likely N-dealkylation sites (tertiary alicyclic amines) is 1. The topological polar surface area (TPSA) is 60.2 Å². The molecule has 2 aromatic carbocycles. The second-order valence-electron chi connectivity index (χ2n) is 7.29. The highest BCUT2D eigenvalue weighted by Gasteiger charge is 2.20. The van der Waals surface area contributed by atoms with E-state index in [9.17, 15) is 4.79 Å². The minimum atomic E-state index is 0.174. The summed E-state index contributed by atoms with van der Waals surface area (Å²) in [4.78, 5) is 14.4. The van der Waals surface area contributed by atoms with Crippen LogP contribution in [0.2, 0.25) is 0 Å². The Hall–Kier alpha value is -2.80. The number of hydrogen-bond donors (Lipinski definition) is 0. The lowest BCUT2D eigenvalue weighted by molar-refractivity contribution is -0.127. The van der Waals surface area contributed by atoms with Crippen molar-refractivity contribution in [1.29, 1.82) is 0 Å². The van der Waals surface area contributed by atoms with Gasteiger partial charge in [-0.1, -0.05) is 42.1 Å². The molecule has 0 unspecified atom stereocenters. The molecule has 4 rings (SSSR count). The number of rotatable bonds is 8. The third kappa shape index (κ3) is 4.84. The van der Waals surface area contributed by atoms with E-state index in [-0.39, 0.29) is 5.91 Å². The summed E-state index contributed by atoms with van der Waals surface area (Å²) < 4.78 is 7.35. The molecule has 156 valence electrons. The highest BCUT2D eigenvalue weighted by atomic mass is 32.2. The summed E-state index contributed by atoms with van der Waals surface area (Å²) in [7, 11) is 1.66. The van der Waals surface area contributed by atoms with Gasteiger partial charge in [-0.3, -0.25) is 9.36 Å². The maximum atomic E-state index is 12.5. The van der Waals surface area contributed by atoms with Crippen molar-refractivity contribution < 1.29 is 9.53 Å². The number of hydrogen-bond acceptors (Lipinski definition) is 5. The number of carbonyl (C=O) groups is 1. The van der Waals surface area contributed by atoms with Gasteiger partial charge in [0.1, 0.15) is 11.6 Å². The van der Waals surface area contributed by atoms with Gasteiger partial charge in [-0.2, -0.15) is 0 Å². The molecule has 1 fully saturated rings. The third-order valence-corrected chi connectivity index (χ3v) is 6.21. The summed E-state index contributed by atoms with van der Waals surface area (Å²) in [5.41, 5.74) is 2.24. The predicted molar refractivity (Wildman–Crippen MR) is 118 cm³/mol. The van der Waals surface area contributed by atoms with Crippen LogP contribution in [0, 0.1) is 0 Å². The molecule has 0 atom stereocenters. The number of nitrogens with zero attached hydrogens (tertiary/aromatic N) is 4. The summed E-state index contributed by atoms with van der Waals surface area (Å²) in [6.45, 7) is 1.74. The van der Waals surface area contributed by atoms with Crippen LogP contribution in [0.25, 0.3) is 5.69 Å². The Morgan fingerprint density at radius 2 is 1.73 bits per heavy atom. The van der Waals surface area contributed by atoms with Crippen LogP contribution < -0.4 is 4.74 Å². The molecule has 1 aliphatic rings. The van der Waals surface area contributed by atoms with Gasteiger partial charge in [0.25, 0.3) is 0 Å². The number of benzene rings is 2. The van der Waals surface area contributed by atoms with Crippen molar-refractivity contribution in [1.82, 2.24) is 19.7 Å². The Balaban J connectivity index is 1.55. The van der Waals surface area contributed by atoms with E-state index in [1.807, 2.05) is 35.2 Å². The normalized spacial score (nSPS) is 13.6. The van der Waals surface area contributed by atoms with Crippen LogP contribution in [0.1, 0.15) is 24.2 Å². The first-order chi connectivity index (χ1) is 14.7. The van der Waals surface area contributed by atoms with Gasteiger partial charge in [0.15, 0.2) is 5.16 Å². The molecular weight excluding hydrogens is 396 g/mol. The molecular formula is C23H26N4O2S. The maximum Gasteiger partial charge on any atom is 0.233 e. The number of aryl methyl sites for hydroxylation is 2. The standard InChI is InChI=1S/C23H26N4O2S/c1-29-20-12-10-19(11-13-20)27-21(14-9-18-7-3-2-4-8-18)24-25-23(27)30-17-22(28)26-15-5-6-16-26/h2-4,7-8,10-13H,5-6,9,14-17H2,1H3. The number of carbonyl (C=O) groups excluding carboxylic acids is 1. The van der Waals surface area contributed by atoms with Crippen molar-refractivity contribution in [3.8, 4) is 11.4 Å². The van der Waals surface area contributed by atoms with Crippen LogP contribution >= 0.6 is 11.8 Å². The van der Waals surface area contributed by atoms with Crippen LogP contribution in [0.3, 0.4) is 0 Å². The summed E-state index contributed by atoms with van der Waals surface area (Å²) in [5, 5.41) is 9.63. The van der Waals surface area contributed by atoms with Crippen molar-refractivity contribution in [2.45, 2.75) is 30.8 Å². The highest BCUT2D eigenvalue weighted by Crippen LogP contribution is 2.25. The van der Waals surface area contributed by atoms with Gasteiger partial charge < -0.3 is 9.64 Å². The predicted octanol–water partition coefficient (Wildman–Crippen LogP) is 3.78. The first kappa shape index (κ1) is 20.5. The van der Waals surface area contributed by atoms with Crippen molar-refractivity contribution in [3.05, 3.63) is 66.0 Å². The Kier molecular flexibility index (Phi) is 6.69. The lowest BCUT2D eigenvalue weighted by Gasteiger charge is -2.15. The van der Waals surface area contributed by atoms with E-state index in [1.165, 1.54) is 17.3 Å². The van der Waals surface area contributed by atoms with Crippen LogP contribution in [-0.4, -0.2) is 51.5 Å². The van der Waals surface area contributed by atoms with E-state index < -0.39 is 0 Å². The summed E-state index contributed by atoms with van der Waals surface area (Å²) in [6, 6.07) is 18.2. The number of methoxy groups -OCH3 is 1. The molecule has 30 heavy (non-hydrogen) atoms. The van der Waals surface area contributed by atoms with E-state index in [2.05, 4.69) is 39.0 Å². The lowest BCUT2D eigenvalue weighted by Crippen LogP contribution is -2.29. The van der Waals surface area contributed by atoms with Gasteiger partial charge in [-0.15, -0.1) is 10.2 Å². The van der Waals surface area contributed by atoms with E-state index in [0.717, 1.165) is 61.2 Å². The van der Waals surface area contributed by atoms with E-state index >= 15 is 0 Å². The molecule has 7 heteroatoms. The molecule has 0 bridgehead atoms. The smallest absolute Gasteiger partial charge is 0.233 e. The molecule has 3 aromatic rings. The van der Waals surface area contributed by atoms with Gasteiger partial charge in [-0.05, 0) is 49.1 Å². The maximum absolute atomic E-state index is 12.5. The van der Waals surface area contributed by atoms with Crippen LogP contribution in [0.15, 0.2) is 59.8 Å². The zero-order valence-electron chi connectivity index (χ0n) is 17.2. The van der Waals surface area contributed by atoms with E-state index in [1.54, 1.807) is 7.11 Å². The van der Waals surface area contributed by atoms with E-state index in [0.29, 0.717) is 5.75 Å². The Morgan fingerprint density at radius 3 is 2.43 bits per heavy atom. The average Bonchev–Trinajstić information content (AvgIpc) is 3.47. The van der Waals surface area contributed by atoms with Crippen molar-refractivity contribution >= 4 is 17.7 Å². The summed E-state index contributed by atoms with van der Waals surface area (Å²) in [5.74, 6) is 2.25. The van der Waals surface area contributed by atoms with Crippen molar-refractivity contribution in [2.24, 2.45) is 0 Å². The zero-order valence-corrected chi connectivity index (χ0v) is 18.0. The Bertz CT molecular complexity index is 967. The number of amides is 1. The van der Waals surface area contributed by atoms with Gasteiger partial charge in [-0.25, -0.2) is 0 Å². The van der Waals surface area contributed by atoms with Crippen LogP contribution in [0.4, 0.5) is 0 Å². The molecule has 6 nitrogen and oxygen atoms in total. The molecule has 0 aliphatic carbocycles. The molecule has 0 saturated carbocycles. The third-order valence-electron chi connectivity index (χ3n) is 5.29. The second-order valence-corrected chi connectivity index (χ2v) is 8.24. The number of thioether (sulfide) groups is 1.